The largest absolute Gasteiger partial charge is 0.269 e. The van der Waals surface area contributed by atoms with E-state index in [0.29, 0.717) is 0 Å². The van der Waals surface area contributed by atoms with Gasteiger partial charge in [0, 0.05) is 23.6 Å². The Balaban J connectivity index is 2.87. The van der Waals surface area contributed by atoms with E-state index in [4.69, 9.17) is 0 Å². The molecule has 1 unspecified atom stereocenters. The molecule has 3 nitrogen and oxygen atoms in total. The number of nitrogens with zero attached hydrogens (tertiary/aromatic N) is 1. The van der Waals surface area contributed by atoms with Crippen LogP contribution in [0.2, 0.25) is 0 Å². The third-order valence-corrected chi connectivity index (χ3v) is 2.60. The van der Waals surface area contributed by atoms with Crippen LogP contribution in [0.4, 0.5) is 5.69 Å². The zero-order valence-electron chi connectivity index (χ0n) is 7.27. The highest BCUT2D eigenvalue weighted by molar-refractivity contribution is 8.00. The second-order valence-corrected chi connectivity index (χ2v) is 3.70. The van der Waals surface area contributed by atoms with Gasteiger partial charge in [-0.05, 0) is 12.5 Å². The quantitative estimate of drug-likeness (QED) is 0.550. The predicted octanol–water partition coefficient (Wildman–Crippen LogP) is 3.18. The molecule has 0 heterocycles. The van der Waals surface area contributed by atoms with Crippen molar-refractivity contribution in [1.29, 1.82) is 0 Å². The molecular formula is C9H10NO2S. The van der Waals surface area contributed by atoms with Crippen LogP contribution in [0.5, 0.6) is 0 Å². The van der Waals surface area contributed by atoms with Gasteiger partial charge in [-0.2, -0.15) is 11.8 Å². The van der Waals surface area contributed by atoms with Gasteiger partial charge in [-0.1, -0.05) is 12.1 Å². The summed E-state index contributed by atoms with van der Waals surface area (Å²) in [5.74, 6) is 0. The second kappa shape index (κ2) is 4.28. The summed E-state index contributed by atoms with van der Waals surface area (Å²) in [6.07, 6.45) is 3.70. The lowest BCUT2D eigenvalue weighted by atomic mass is 10.1. The molecule has 69 valence electrons. The Bertz CT molecular complexity index is 297. The average molecular weight is 196 g/mol. The molecule has 0 aliphatic rings. The number of thioether (sulfide) groups is 1. The van der Waals surface area contributed by atoms with E-state index in [1.54, 1.807) is 12.1 Å². The standard InChI is InChI=1S/C9H10NO2S/c1-7(13-2)8-3-5-9(6-4-8)10(11)12/h3-7H,2H2,1H3. The number of hydrogen-bond acceptors (Lipinski definition) is 3. The summed E-state index contributed by atoms with van der Waals surface area (Å²) in [7, 11) is 0. The number of benzene rings is 1. The van der Waals surface area contributed by atoms with E-state index < -0.39 is 4.92 Å². The summed E-state index contributed by atoms with van der Waals surface area (Å²) in [4.78, 5) is 9.94. The van der Waals surface area contributed by atoms with Gasteiger partial charge in [-0.15, -0.1) is 0 Å². The first-order valence-electron chi connectivity index (χ1n) is 3.80. The molecule has 0 N–H and O–H groups in total. The summed E-state index contributed by atoms with van der Waals surface area (Å²) in [5.41, 5.74) is 1.19. The maximum absolute atomic E-state index is 10.3. The van der Waals surface area contributed by atoms with Gasteiger partial charge in [-0.3, -0.25) is 10.1 Å². The highest BCUT2D eigenvalue weighted by atomic mass is 32.2. The Morgan fingerprint density at radius 3 is 2.38 bits per heavy atom. The van der Waals surface area contributed by atoms with Crippen LogP contribution in [0, 0.1) is 16.4 Å². The van der Waals surface area contributed by atoms with E-state index in [2.05, 4.69) is 6.26 Å². The lowest BCUT2D eigenvalue weighted by molar-refractivity contribution is -0.384. The molecule has 1 aromatic rings. The van der Waals surface area contributed by atoms with Crippen molar-refractivity contribution in [3.8, 4) is 0 Å². The van der Waals surface area contributed by atoms with Crippen LogP contribution in [0.1, 0.15) is 17.7 Å². The fourth-order valence-electron chi connectivity index (χ4n) is 0.963. The van der Waals surface area contributed by atoms with Crippen molar-refractivity contribution in [2.75, 3.05) is 0 Å². The number of nitro benzene ring substituents is 1. The summed E-state index contributed by atoms with van der Waals surface area (Å²) in [5, 5.41) is 10.6. The number of hydrogen-bond donors (Lipinski definition) is 0. The monoisotopic (exact) mass is 196 g/mol. The smallest absolute Gasteiger partial charge is 0.258 e. The van der Waals surface area contributed by atoms with E-state index in [9.17, 15) is 10.1 Å². The molecule has 0 aliphatic heterocycles. The van der Waals surface area contributed by atoms with Crippen molar-refractivity contribution in [2.24, 2.45) is 0 Å². The fourth-order valence-corrected chi connectivity index (χ4v) is 1.31. The van der Waals surface area contributed by atoms with E-state index in [0.717, 1.165) is 5.56 Å². The SMILES string of the molecule is [CH2]SC(C)c1ccc([N+](=O)[O-])cc1. The molecule has 0 aromatic heterocycles. The van der Waals surface area contributed by atoms with Gasteiger partial charge in [0.15, 0.2) is 0 Å². The van der Waals surface area contributed by atoms with Crippen molar-refractivity contribution >= 4 is 17.4 Å². The van der Waals surface area contributed by atoms with Gasteiger partial charge in [0.1, 0.15) is 0 Å². The van der Waals surface area contributed by atoms with Gasteiger partial charge < -0.3 is 0 Å². The van der Waals surface area contributed by atoms with Crippen LogP contribution in [-0.4, -0.2) is 4.92 Å². The summed E-state index contributed by atoms with van der Waals surface area (Å²) < 4.78 is 0. The Morgan fingerprint density at radius 2 is 2.00 bits per heavy atom. The van der Waals surface area contributed by atoms with Gasteiger partial charge in [0.25, 0.3) is 5.69 Å². The van der Waals surface area contributed by atoms with Gasteiger partial charge in [0.2, 0.25) is 0 Å². The third-order valence-electron chi connectivity index (χ3n) is 1.82. The Morgan fingerprint density at radius 1 is 1.46 bits per heavy atom. The molecule has 1 aromatic carbocycles. The molecule has 0 amide bonds. The van der Waals surface area contributed by atoms with Crippen molar-refractivity contribution in [1.82, 2.24) is 0 Å². The van der Waals surface area contributed by atoms with Crippen molar-refractivity contribution in [3.05, 3.63) is 46.2 Å². The highest BCUT2D eigenvalue weighted by Gasteiger charge is 2.07. The zero-order chi connectivity index (χ0) is 9.84. The van der Waals surface area contributed by atoms with Crippen LogP contribution in [0.15, 0.2) is 24.3 Å². The molecule has 4 heteroatoms. The van der Waals surface area contributed by atoms with E-state index >= 15 is 0 Å². The van der Waals surface area contributed by atoms with E-state index in [1.165, 1.54) is 23.9 Å². The molecule has 0 spiro atoms. The molecule has 0 saturated carbocycles. The number of nitro groups is 1. The van der Waals surface area contributed by atoms with E-state index in [-0.39, 0.29) is 10.9 Å². The molecule has 1 atom stereocenters. The summed E-state index contributed by atoms with van der Waals surface area (Å²) in [6, 6.07) is 6.56. The van der Waals surface area contributed by atoms with Crippen LogP contribution >= 0.6 is 11.8 Å². The molecule has 1 radical (unpaired) electrons. The Hall–Kier alpha value is -1.03. The minimum absolute atomic E-state index is 0.130. The molecule has 1 rings (SSSR count). The van der Waals surface area contributed by atoms with Gasteiger partial charge >= 0.3 is 0 Å². The normalized spacial score (nSPS) is 12.5. The van der Waals surface area contributed by atoms with Crippen molar-refractivity contribution in [3.63, 3.8) is 0 Å². The van der Waals surface area contributed by atoms with Crippen molar-refractivity contribution in [2.45, 2.75) is 12.2 Å². The first-order chi connectivity index (χ1) is 6.15. The molecule has 0 fully saturated rings. The van der Waals surface area contributed by atoms with Gasteiger partial charge in [-0.25, -0.2) is 0 Å². The zero-order valence-corrected chi connectivity index (χ0v) is 8.08. The maximum Gasteiger partial charge on any atom is 0.269 e. The number of non-ortho nitro benzene ring substituents is 1. The molecule has 13 heavy (non-hydrogen) atoms. The first kappa shape index (κ1) is 10.1. The van der Waals surface area contributed by atoms with Gasteiger partial charge in [0.05, 0.1) is 4.92 Å². The van der Waals surface area contributed by atoms with E-state index in [1.807, 2.05) is 6.92 Å². The van der Waals surface area contributed by atoms with Crippen molar-refractivity contribution < 1.29 is 4.92 Å². The maximum atomic E-state index is 10.3. The lowest BCUT2D eigenvalue weighted by Crippen LogP contribution is -1.90. The van der Waals surface area contributed by atoms with Crippen LogP contribution in [-0.2, 0) is 0 Å². The Kier molecular flexibility index (Phi) is 3.31. The van der Waals surface area contributed by atoms with Crippen LogP contribution in [0.25, 0.3) is 0 Å². The fraction of sp³-hybridized carbons (Fsp3) is 0.222. The molecule has 0 saturated heterocycles. The molecule has 0 aliphatic carbocycles. The highest BCUT2D eigenvalue weighted by Crippen LogP contribution is 2.27. The van der Waals surface area contributed by atoms with Crippen LogP contribution in [0.3, 0.4) is 0 Å². The predicted molar refractivity (Wildman–Crippen MR) is 54.5 cm³/mol. The molecule has 0 bridgehead atoms. The topological polar surface area (TPSA) is 43.1 Å². The minimum Gasteiger partial charge on any atom is -0.258 e. The second-order valence-electron chi connectivity index (χ2n) is 2.66. The third kappa shape index (κ3) is 2.45. The summed E-state index contributed by atoms with van der Waals surface area (Å²) in [6.45, 7) is 2.01. The Labute approximate surface area is 81.3 Å². The van der Waals surface area contributed by atoms with Crippen LogP contribution < -0.4 is 0 Å². The average Bonchev–Trinajstić information content (AvgIpc) is 2.17. The minimum atomic E-state index is -0.397. The lowest BCUT2D eigenvalue weighted by Gasteiger charge is -2.06. The first-order valence-corrected chi connectivity index (χ1v) is 4.85. The number of rotatable bonds is 3. The summed E-state index contributed by atoms with van der Waals surface area (Å²) >= 11 is 1.47. The molecular weight excluding hydrogens is 186 g/mol.